The van der Waals surface area contributed by atoms with Crippen LogP contribution < -0.4 is 5.19 Å². The summed E-state index contributed by atoms with van der Waals surface area (Å²) in [5.74, 6) is 0. The lowest BCUT2D eigenvalue weighted by molar-refractivity contribution is 0.110. The lowest BCUT2D eigenvalue weighted by Crippen LogP contribution is -2.59. The maximum Gasteiger partial charge on any atom is 0.393 e. The normalized spacial score (nSPS) is 12.3. The summed E-state index contributed by atoms with van der Waals surface area (Å²) in [5.41, 5.74) is 0. The van der Waals surface area contributed by atoms with Gasteiger partial charge in [-0.3, -0.25) is 0 Å². The first-order valence-electron chi connectivity index (χ1n) is 7.39. The molecular weight excluding hydrogens is 280 g/mol. The molecule has 5 heteroatoms. The first-order valence-corrected chi connectivity index (χ1v) is 9.41. The minimum atomic E-state index is -2.58. The number of hydrogen-bond donors (Lipinski definition) is 0. The molecule has 21 heavy (non-hydrogen) atoms. The maximum atomic E-state index is 6.38. The van der Waals surface area contributed by atoms with Crippen LogP contribution in [0.25, 0.3) is 0 Å². The van der Waals surface area contributed by atoms with Crippen LogP contribution in [0, 0.1) is 0 Å². The van der Waals surface area contributed by atoms with E-state index >= 15 is 0 Å². The average Bonchev–Trinajstić information content (AvgIpc) is 2.90. The Labute approximate surface area is 128 Å². The Balaban J connectivity index is 2.42. The molecule has 0 aliphatic rings. The van der Waals surface area contributed by atoms with Crippen molar-refractivity contribution in [1.82, 2.24) is 9.55 Å². The molecule has 1 heterocycles. The third-order valence-electron chi connectivity index (χ3n) is 3.02. The SMILES string of the molecule is CC(C)O[Si](Cn1ccnc1)(OC(C)C)c1ccccc1. The summed E-state index contributed by atoms with van der Waals surface area (Å²) in [7, 11) is -2.58. The van der Waals surface area contributed by atoms with Crippen LogP contribution in [0.5, 0.6) is 0 Å². The van der Waals surface area contributed by atoms with Gasteiger partial charge in [0.15, 0.2) is 0 Å². The molecule has 0 radical (unpaired) electrons. The van der Waals surface area contributed by atoms with Crippen molar-refractivity contribution in [3.63, 3.8) is 0 Å². The summed E-state index contributed by atoms with van der Waals surface area (Å²) < 4.78 is 14.8. The van der Waals surface area contributed by atoms with E-state index in [-0.39, 0.29) is 12.2 Å². The summed E-state index contributed by atoms with van der Waals surface area (Å²) in [4.78, 5) is 4.13. The number of aromatic nitrogens is 2. The van der Waals surface area contributed by atoms with E-state index in [1.54, 1.807) is 6.20 Å². The fraction of sp³-hybridized carbons (Fsp3) is 0.438. The molecule has 1 aromatic heterocycles. The molecule has 0 saturated heterocycles. The van der Waals surface area contributed by atoms with Crippen LogP contribution in [0.4, 0.5) is 0 Å². The van der Waals surface area contributed by atoms with E-state index in [2.05, 4.69) is 44.8 Å². The first-order chi connectivity index (χ1) is 10.0. The van der Waals surface area contributed by atoms with Crippen molar-refractivity contribution < 1.29 is 8.85 Å². The van der Waals surface area contributed by atoms with Crippen molar-refractivity contribution in [3.05, 3.63) is 49.1 Å². The predicted octanol–water partition coefficient (Wildman–Crippen LogP) is 2.62. The standard InChI is InChI=1S/C16H24N2O2Si/c1-14(2)19-21(20-15(3)4,13-18-11-10-17-12-18)16-8-6-5-7-9-16/h5-12,14-15H,13H2,1-4H3. The van der Waals surface area contributed by atoms with Crippen LogP contribution >= 0.6 is 0 Å². The summed E-state index contributed by atoms with van der Waals surface area (Å²) in [6.45, 7) is 8.23. The molecule has 0 aliphatic heterocycles. The van der Waals surface area contributed by atoms with Crippen molar-refractivity contribution in [1.29, 1.82) is 0 Å². The molecule has 0 spiro atoms. The van der Waals surface area contributed by atoms with E-state index in [0.717, 1.165) is 5.19 Å². The highest BCUT2D eigenvalue weighted by Crippen LogP contribution is 2.16. The van der Waals surface area contributed by atoms with Crippen LogP contribution in [0.1, 0.15) is 27.7 Å². The molecule has 4 nitrogen and oxygen atoms in total. The minimum Gasteiger partial charge on any atom is -0.387 e. The molecule has 0 atom stereocenters. The van der Waals surface area contributed by atoms with Crippen LogP contribution in [-0.4, -0.2) is 30.3 Å². The monoisotopic (exact) mass is 304 g/mol. The molecule has 0 fully saturated rings. The van der Waals surface area contributed by atoms with E-state index in [9.17, 15) is 0 Å². The summed E-state index contributed by atoms with van der Waals surface area (Å²) in [6.07, 6.45) is 6.48. The predicted molar refractivity (Wildman–Crippen MR) is 86.5 cm³/mol. The zero-order valence-electron chi connectivity index (χ0n) is 13.2. The van der Waals surface area contributed by atoms with Gasteiger partial charge in [0.05, 0.1) is 12.5 Å². The van der Waals surface area contributed by atoms with Crippen LogP contribution in [0.2, 0.25) is 0 Å². The quantitative estimate of drug-likeness (QED) is 0.738. The van der Waals surface area contributed by atoms with Gasteiger partial charge >= 0.3 is 8.56 Å². The van der Waals surface area contributed by atoms with Gasteiger partial charge in [-0.05, 0) is 32.9 Å². The zero-order chi connectivity index (χ0) is 15.3. The van der Waals surface area contributed by atoms with Crippen molar-refractivity contribution in [2.24, 2.45) is 0 Å². The van der Waals surface area contributed by atoms with E-state index in [1.807, 2.05) is 35.3 Å². The summed E-state index contributed by atoms with van der Waals surface area (Å²) >= 11 is 0. The van der Waals surface area contributed by atoms with Gasteiger partial charge in [0.1, 0.15) is 0 Å². The molecule has 0 amide bonds. The Morgan fingerprint density at radius 3 is 2.14 bits per heavy atom. The molecule has 114 valence electrons. The number of hydrogen-bond acceptors (Lipinski definition) is 3. The second-order valence-corrected chi connectivity index (χ2v) is 8.56. The molecule has 0 saturated carbocycles. The lowest BCUT2D eigenvalue weighted by atomic mass is 10.4. The highest BCUT2D eigenvalue weighted by molar-refractivity contribution is 6.80. The number of nitrogens with zero attached hydrogens (tertiary/aromatic N) is 2. The molecule has 0 N–H and O–H groups in total. The van der Waals surface area contributed by atoms with Gasteiger partial charge in [-0.15, -0.1) is 0 Å². The Hall–Kier alpha value is -1.43. The molecule has 2 aromatic rings. The molecular formula is C16H24N2O2Si. The van der Waals surface area contributed by atoms with Gasteiger partial charge in [0.25, 0.3) is 0 Å². The van der Waals surface area contributed by atoms with Crippen molar-refractivity contribution in [2.75, 3.05) is 0 Å². The fourth-order valence-corrected chi connectivity index (χ4v) is 5.95. The van der Waals surface area contributed by atoms with E-state index in [1.165, 1.54) is 0 Å². The zero-order valence-corrected chi connectivity index (χ0v) is 14.2. The van der Waals surface area contributed by atoms with E-state index in [4.69, 9.17) is 8.85 Å². The topological polar surface area (TPSA) is 36.3 Å². The van der Waals surface area contributed by atoms with Gasteiger partial charge in [-0.1, -0.05) is 30.3 Å². The second-order valence-electron chi connectivity index (χ2n) is 5.69. The van der Waals surface area contributed by atoms with Crippen molar-refractivity contribution in [2.45, 2.75) is 46.1 Å². The molecule has 0 unspecified atom stereocenters. The van der Waals surface area contributed by atoms with Gasteiger partial charge < -0.3 is 13.4 Å². The Morgan fingerprint density at radius 1 is 1.05 bits per heavy atom. The van der Waals surface area contributed by atoms with Gasteiger partial charge in [0, 0.05) is 24.6 Å². The van der Waals surface area contributed by atoms with E-state index < -0.39 is 8.56 Å². The number of rotatable bonds is 7. The smallest absolute Gasteiger partial charge is 0.387 e. The first kappa shape index (κ1) is 15.9. The second kappa shape index (κ2) is 7.02. The number of imidazole rings is 1. The van der Waals surface area contributed by atoms with E-state index in [0.29, 0.717) is 6.17 Å². The van der Waals surface area contributed by atoms with Gasteiger partial charge in [-0.25, -0.2) is 4.98 Å². The Morgan fingerprint density at radius 2 is 1.67 bits per heavy atom. The van der Waals surface area contributed by atoms with Crippen LogP contribution in [0.15, 0.2) is 49.1 Å². The third kappa shape index (κ3) is 4.26. The minimum absolute atomic E-state index is 0.110. The third-order valence-corrected chi connectivity index (χ3v) is 6.71. The van der Waals surface area contributed by atoms with Crippen LogP contribution in [-0.2, 0) is 15.0 Å². The van der Waals surface area contributed by atoms with Gasteiger partial charge in [0.2, 0.25) is 0 Å². The lowest BCUT2D eigenvalue weighted by Gasteiger charge is -2.34. The maximum absolute atomic E-state index is 6.38. The number of benzene rings is 1. The molecule has 1 aromatic carbocycles. The van der Waals surface area contributed by atoms with Crippen LogP contribution in [0.3, 0.4) is 0 Å². The van der Waals surface area contributed by atoms with Gasteiger partial charge in [-0.2, -0.15) is 0 Å². The largest absolute Gasteiger partial charge is 0.393 e. The Kier molecular flexibility index (Phi) is 5.33. The van der Waals surface area contributed by atoms with Crippen molar-refractivity contribution in [3.8, 4) is 0 Å². The highest BCUT2D eigenvalue weighted by Gasteiger charge is 2.42. The average molecular weight is 304 g/mol. The van der Waals surface area contributed by atoms with Crippen molar-refractivity contribution >= 4 is 13.7 Å². The molecule has 0 aliphatic carbocycles. The highest BCUT2D eigenvalue weighted by atomic mass is 28.4. The summed E-state index contributed by atoms with van der Waals surface area (Å²) in [5, 5.41) is 1.15. The molecule has 2 rings (SSSR count). The Bertz CT molecular complexity index is 516. The molecule has 0 bridgehead atoms. The summed E-state index contributed by atoms with van der Waals surface area (Å²) in [6, 6.07) is 10.3. The fourth-order valence-electron chi connectivity index (χ4n) is 2.40.